The molecule has 0 spiro atoms. The molecule has 3 rings (SSSR count). The Kier molecular flexibility index (Phi) is 4.15. The van der Waals surface area contributed by atoms with Crippen LogP contribution >= 0.6 is 34.5 Å². The van der Waals surface area contributed by atoms with E-state index in [0.717, 1.165) is 27.4 Å². The van der Waals surface area contributed by atoms with E-state index in [0.29, 0.717) is 9.49 Å². The van der Waals surface area contributed by atoms with Gasteiger partial charge in [-0.25, -0.2) is 4.98 Å². The summed E-state index contributed by atoms with van der Waals surface area (Å²) in [5.41, 5.74) is 2.86. The minimum Gasteiger partial charge on any atom is -0.497 e. The van der Waals surface area contributed by atoms with Crippen molar-refractivity contribution in [2.24, 2.45) is 0 Å². The molecule has 0 fully saturated rings. The fourth-order valence-electron chi connectivity index (χ4n) is 2.06. The summed E-state index contributed by atoms with van der Waals surface area (Å²) < 4.78 is 5.69. The molecule has 0 aliphatic rings. The quantitative estimate of drug-likeness (QED) is 0.604. The maximum absolute atomic E-state index is 6.11. The fourth-order valence-corrected chi connectivity index (χ4v) is 3.38. The zero-order valence-corrected chi connectivity index (χ0v) is 13.5. The molecule has 0 atom stereocenters. The minimum absolute atomic E-state index is 0.510. The van der Waals surface area contributed by atoms with Crippen LogP contribution in [0.15, 0.2) is 48.5 Å². The summed E-state index contributed by atoms with van der Waals surface area (Å²) in [5.74, 6) is 0.810. The Morgan fingerprint density at radius 2 is 1.76 bits per heavy atom. The van der Waals surface area contributed by atoms with Crippen molar-refractivity contribution in [2.75, 3.05) is 7.11 Å². The third kappa shape index (κ3) is 3.05. The van der Waals surface area contributed by atoms with Gasteiger partial charge < -0.3 is 4.74 Å². The number of halogens is 2. The van der Waals surface area contributed by atoms with E-state index < -0.39 is 0 Å². The number of thiazole rings is 1. The molecule has 0 bridgehead atoms. The van der Waals surface area contributed by atoms with Crippen molar-refractivity contribution in [3.63, 3.8) is 0 Å². The SMILES string of the molecule is COc1ccc(-c2nc(Cl)sc2-c2cccc(Cl)c2)cc1. The van der Waals surface area contributed by atoms with E-state index in [9.17, 15) is 0 Å². The molecule has 2 aromatic carbocycles. The van der Waals surface area contributed by atoms with E-state index in [4.69, 9.17) is 27.9 Å². The summed E-state index contributed by atoms with van der Waals surface area (Å²) in [4.78, 5) is 5.45. The van der Waals surface area contributed by atoms with Gasteiger partial charge >= 0.3 is 0 Å². The van der Waals surface area contributed by atoms with Crippen molar-refractivity contribution in [3.05, 3.63) is 58.0 Å². The predicted octanol–water partition coefficient (Wildman–Crippen LogP) is 5.79. The molecule has 5 heteroatoms. The second kappa shape index (κ2) is 6.06. The highest BCUT2D eigenvalue weighted by molar-refractivity contribution is 7.19. The molecule has 0 amide bonds. The van der Waals surface area contributed by atoms with Crippen LogP contribution in [-0.4, -0.2) is 12.1 Å². The Hall–Kier alpha value is -1.55. The van der Waals surface area contributed by atoms with Gasteiger partial charge in [-0.15, -0.1) is 11.3 Å². The van der Waals surface area contributed by atoms with Crippen LogP contribution in [0.5, 0.6) is 5.75 Å². The van der Waals surface area contributed by atoms with Crippen molar-refractivity contribution >= 4 is 34.5 Å². The van der Waals surface area contributed by atoms with Crippen molar-refractivity contribution in [1.29, 1.82) is 0 Å². The lowest BCUT2D eigenvalue weighted by molar-refractivity contribution is 0.415. The third-order valence-corrected chi connectivity index (χ3v) is 4.50. The Morgan fingerprint density at radius 1 is 1.00 bits per heavy atom. The van der Waals surface area contributed by atoms with Crippen LogP contribution in [0.25, 0.3) is 21.7 Å². The van der Waals surface area contributed by atoms with E-state index in [2.05, 4.69) is 4.98 Å². The predicted molar refractivity (Wildman–Crippen MR) is 89.6 cm³/mol. The highest BCUT2D eigenvalue weighted by Crippen LogP contribution is 2.39. The maximum Gasteiger partial charge on any atom is 0.184 e. The van der Waals surface area contributed by atoms with Crippen molar-refractivity contribution in [3.8, 4) is 27.4 Å². The zero-order valence-electron chi connectivity index (χ0n) is 11.1. The molecular weight excluding hydrogens is 325 g/mol. The number of ether oxygens (including phenoxy) is 1. The van der Waals surface area contributed by atoms with E-state index in [-0.39, 0.29) is 0 Å². The minimum atomic E-state index is 0.510. The first kappa shape index (κ1) is 14.4. The van der Waals surface area contributed by atoms with Gasteiger partial charge in [0, 0.05) is 10.6 Å². The van der Waals surface area contributed by atoms with Crippen LogP contribution in [0, 0.1) is 0 Å². The standard InChI is InChI=1S/C16H11Cl2NOS/c1-20-13-7-5-10(6-8-13)14-15(21-16(18)19-14)11-3-2-4-12(17)9-11/h2-9H,1H3. The molecule has 0 unspecified atom stereocenters. The molecule has 0 radical (unpaired) electrons. The van der Waals surface area contributed by atoms with Crippen molar-refractivity contribution < 1.29 is 4.74 Å². The Balaban J connectivity index is 2.10. The van der Waals surface area contributed by atoms with Crippen LogP contribution in [0.1, 0.15) is 0 Å². The van der Waals surface area contributed by atoms with Gasteiger partial charge in [0.05, 0.1) is 17.7 Å². The van der Waals surface area contributed by atoms with Gasteiger partial charge in [0.2, 0.25) is 0 Å². The summed E-state index contributed by atoms with van der Waals surface area (Å²) >= 11 is 13.6. The van der Waals surface area contributed by atoms with Gasteiger partial charge in [-0.2, -0.15) is 0 Å². The summed E-state index contributed by atoms with van der Waals surface area (Å²) in [7, 11) is 1.64. The molecule has 0 saturated heterocycles. The highest BCUT2D eigenvalue weighted by Gasteiger charge is 2.14. The van der Waals surface area contributed by atoms with Gasteiger partial charge in [-0.1, -0.05) is 35.3 Å². The smallest absolute Gasteiger partial charge is 0.184 e. The van der Waals surface area contributed by atoms with Crippen LogP contribution in [-0.2, 0) is 0 Å². The number of aromatic nitrogens is 1. The van der Waals surface area contributed by atoms with Gasteiger partial charge in [-0.3, -0.25) is 0 Å². The Bertz CT molecular complexity index is 768. The topological polar surface area (TPSA) is 22.1 Å². The first-order valence-electron chi connectivity index (χ1n) is 6.24. The van der Waals surface area contributed by atoms with E-state index >= 15 is 0 Å². The zero-order chi connectivity index (χ0) is 14.8. The number of rotatable bonds is 3. The van der Waals surface area contributed by atoms with E-state index in [1.807, 2.05) is 48.5 Å². The number of methoxy groups -OCH3 is 1. The first-order chi connectivity index (χ1) is 10.2. The molecule has 106 valence electrons. The Morgan fingerprint density at radius 3 is 2.43 bits per heavy atom. The maximum atomic E-state index is 6.11. The lowest BCUT2D eigenvalue weighted by Gasteiger charge is -2.05. The molecule has 0 saturated carbocycles. The molecule has 1 heterocycles. The van der Waals surface area contributed by atoms with E-state index in [1.165, 1.54) is 11.3 Å². The lowest BCUT2D eigenvalue weighted by atomic mass is 10.1. The summed E-state index contributed by atoms with van der Waals surface area (Å²) in [6.45, 7) is 0. The fraction of sp³-hybridized carbons (Fsp3) is 0.0625. The first-order valence-corrected chi connectivity index (χ1v) is 7.81. The second-order valence-corrected chi connectivity index (χ2v) is 6.40. The molecule has 2 nitrogen and oxygen atoms in total. The number of nitrogens with zero attached hydrogens (tertiary/aromatic N) is 1. The van der Waals surface area contributed by atoms with Crippen LogP contribution in [0.3, 0.4) is 0 Å². The molecule has 21 heavy (non-hydrogen) atoms. The number of hydrogen-bond acceptors (Lipinski definition) is 3. The molecule has 0 aliphatic carbocycles. The van der Waals surface area contributed by atoms with Crippen molar-refractivity contribution in [2.45, 2.75) is 0 Å². The van der Waals surface area contributed by atoms with Crippen molar-refractivity contribution in [1.82, 2.24) is 4.98 Å². The Labute approximate surface area is 136 Å². The van der Waals surface area contributed by atoms with E-state index in [1.54, 1.807) is 7.11 Å². The van der Waals surface area contributed by atoms with Gasteiger partial charge in [0.15, 0.2) is 4.47 Å². The van der Waals surface area contributed by atoms with Crippen LogP contribution in [0.2, 0.25) is 9.49 Å². The summed E-state index contributed by atoms with van der Waals surface area (Å²) in [5, 5.41) is 0.692. The van der Waals surface area contributed by atoms with Crippen LogP contribution < -0.4 is 4.74 Å². The monoisotopic (exact) mass is 335 g/mol. The third-order valence-electron chi connectivity index (χ3n) is 3.05. The average molecular weight is 336 g/mol. The van der Waals surface area contributed by atoms with Crippen LogP contribution in [0.4, 0.5) is 0 Å². The summed E-state index contributed by atoms with van der Waals surface area (Å²) in [6.07, 6.45) is 0. The van der Waals surface area contributed by atoms with Gasteiger partial charge in [-0.05, 0) is 42.0 Å². The lowest BCUT2D eigenvalue weighted by Crippen LogP contribution is -1.85. The van der Waals surface area contributed by atoms with Gasteiger partial charge in [0.1, 0.15) is 5.75 Å². The molecular formula is C16H11Cl2NOS. The number of hydrogen-bond donors (Lipinski definition) is 0. The second-order valence-electron chi connectivity index (χ2n) is 4.38. The summed E-state index contributed by atoms with van der Waals surface area (Å²) in [6, 6.07) is 15.4. The number of benzene rings is 2. The average Bonchev–Trinajstić information content (AvgIpc) is 2.89. The highest BCUT2D eigenvalue weighted by atomic mass is 35.5. The molecule has 3 aromatic rings. The largest absolute Gasteiger partial charge is 0.497 e. The molecule has 1 aromatic heterocycles. The van der Waals surface area contributed by atoms with Gasteiger partial charge in [0.25, 0.3) is 0 Å². The molecule has 0 aliphatic heterocycles. The molecule has 0 N–H and O–H groups in total. The normalized spacial score (nSPS) is 10.6.